The molecule has 31 nitrogen and oxygen atoms in total. The molecule has 0 saturated heterocycles. The van der Waals surface area contributed by atoms with Gasteiger partial charge in [0.05, 0.1) is 58.4 Å². The maximum absolute atomic E-state index is 12.6. The number of oxime groups is 2. The van der Waals surface area contributed by atoms with Gasteiger partial charge in [0.2, 0.25) is 11.8 Å². The van der Waals surface area contributed by atoms with Gasteiger partial charge in [-0.25, -0.2) is 0 Å². The van der Waals surface area contributed by atoms with Gasteiger partial charge in [0, 0.05) is 52.4 Å². The Balaban J connectivity index is 4.90. The number of hydrogen-bond acceptors (Lipinski definition) is 24. The van der Waals surface area contributed by atoms with Crippen molar-refractivity contribution >= 4 is 54.0 Å². The van der Waals surface area contributed by atoms with Crippen LogP contribution in [0, 0.1) is 0 Å². The van der Waals surface area contributed by atoms with E-state index in [1.54, 1.807) is 0 Å². The summed E-state index contributed by atoms with van der Waals surface area (Å²) in [6.45, 7) is -6.96. The smallest absolute Gasteiger partial charge is 0.317 e. The van der Waals surface area contributed by atoms with Gasteiger partial charge in [-0.05, 0) is 0 Å². The Morgan fingerprint density at radius 2 is 0.738 bits per heavy atom. The number of aliphatic hydroxyl groups excluding tert-OH is 10. The van der Waals surface area contributed by atoms with Crippen LogP contribution in [0.2, 0.25) is 0 Å². The van der Waals surface area contributed by atoms with Gasteiger partial charge in [-0.15, -0.1) is 0 Å². The number of aliphatic hydroxyl groups is 10. The molecule has 4 amide bonds. The van der Waals surface area contributed by atoms with Crippen LogP contribution in [0.15, 0.2) is 10.3 Å². The number of aliphatic carboxylic acids is 3. The summed E-state index contributed by atoms with van der Waals surface area (Å²) in [7, 11) is 0. The zero-order chi connectivity index (χ0) is 49.5. The molecule has 0 radical (unpaired) electrons. The minimum atomic E-state index is -1.94. The van der Waals surface area contributed by atoms with E-state index in [-0.39, 0.29) is 52.4 Å². The van der Waals surface area contributed by atoms with Gasteiger partial charge in [-0.3, -0.25) is 48.3 Å². The van der Waals surface area contributed by atoms with E-state index < -0.39 is 150 Å². The highest BCUT2D eigenvalue weighted by Crippen LogP contribution is 2.05. The van der Waals surface area contributed by atoms with E-state index in [4.69, 9.17) is 10.2 Å². The zero-order valence-corrected chi connectivity index (χ0v) is 35.0. The predicted molar refractivity (Wildman–Crippen MR) is 215 cm³/mol. The third-order valence-corrected chi connectivity index (χ3v) is 8.34. The van der Waals surface area contributed by atoms with Gasteiger partial charge in [-0.1, -0.05) is 10.3 Å². The van der Waals surface area contributed by atoms with E-state index in [1.807, 2.05) is 0 Å². The molecule has 6 unspecified atom stereocenters. The van der Waals surface area contributed by atoms with Crippen molar-refractivity contribution in [1.82, 2.24) is 36.0 Å². The SMILES string of the molecule is O=C(O)CN(CCN(CC(=O)O)CC(=O)NCCNC(=O)CO/N=C/[C@H](O)C(O)C(O)C(O)CO)CCN(CC(=O)O)CC(=O)NCCNC(=O)CO/N=C/[C@H](O)C(O)C(O)C(O)CO. The van der Waals surface area contributed by atoms with Crippen molar-refractivity contribution in [1.29, 1.82) is 0 Å². The minimum absolute atomic E-state index is 0.116. The molecule has 17 N–H and O–H groups in total. The summed E-state index contributed by atoms with van der Waals surface area (Å²) in [5.74, 6) is -6.72. The molecule has 0 fully saturated rings. The maximum Gasteiger partial charge on any atom is 0.317 e. The fraction of sp³-hybridized carbons (Fsp3) is 0.735. The fourth-order valence-electron chi connectivity index (χ4n) is 4.92. The number of rotatable bonds is 38. The summed E-state index contributed by atoms with van der Waals surface area (Å²) in [4.78, 5) is 96.6. The molecule has 0 saturated carbocycles. The van der Waals surface area contributed by atoms with E-state index in [1.165, 1.54) is 14.7 Å². The van der Waals surface area contributed by atoms with Crippen LogP contribution in [0.5, 0.6) is 0 Å². The van der Waals surface area contributed by atoms with Gasteiger partial charge in [-0.2, -0.15) is 0 Å². The molecular weight excluding hydrogens is 886 g/mol. The first kappa shape index (κ1) is 59.7. The van der Waals surface area contributed by atoms with E-state index in [2.05, 4.69) is 41.3 Å². The Morgan fingerprint density at radius 1 is 0.446 bits per heavy atom. The van der Waals surface area contributed by atoms with E-state index in [0.717, 1.165) is 0 Å². The van der Waals surface area contributed by atoms with Crippen LogP contribution in [0.4, 0.5) is 0 Å². The predicted octanol–water partition coefficient (Wildman–Crippen LogP) is -11.5. The summed E-state index contributed by atoms with van der Waals surface area (Å²) in [5, 5.41) is 138. The molecule has 0 aliphatic rings. The second-order valence-electron chi connectivity index (χ2n) is 13.8. The summed E-state index contributed by atoms with van der Waals surface area (Å²) < 4.78 is 0. The summed E-state index contributed by atoms with van der Waals surface area (Å²) >= 11 is 0. The highest BCUT2D eigenvalue weighted by atomic mass is 16.6. The Kier molecular flexibility index (Phi) is 31.3. The lowest BCUT2D eigenvalue weighted by Gasteiger charge is -2.28. The molecule has 0 aliphatic heterocycles. The number of hydrogen-bond donors (Lipinski definition) is 17. The first-order valence-electron chi connectivity index (χ1n) is 19.5. The maximum atomic E-state index is 12.6. The molecule has 0 aromatic rings. The van der Waals surface area contributed by atoms with Crippen molar-refractivity contribution in [2.75, 3.05) is 112 Å². The molecule has 0 rings (SSSR count). The molecular formula is C34H61N9O22. The molecule has 8 atom stereocenters. The topological polar surface area (TPSA) is 484 Å². The molecule has 0 aromatic heterocycles. The molecule has 31 heteroatoms. The monoisotopic (exact) mass is 947 g/mol. The first-order valence-corrected chi connectivity index (χ1v) is 19.5. The van der Waals surface area contributed by atoms with E-state index >= 15 is 0 Å². The van der Waals surface area contributed by atoms with Gasteiger partial charge < -0.3 is 97.3 Å². The first-order chi connectivity index (χ1) is 30.6. The number of amides is 4. The number of nitrogens with one attached hydrogen (secondary N) is 4. The van der Waals surface area contributed by atoms with Crippen molar-refractivity contribution < 1.29 is 110 Å². The Bertz CT molecular complexity index is 1410. The molecule has 0 bridgehead atoms. The summed E-state index contributed by atoms with van der Waals surface area (Å²) in [6.07, 6.45) is -13.6. The number of carbonyl (C=O) groups excluding carboxylic acids is 4. The van der Waals surface area contributed by atoms with Crippen LogP contribution in [-0.2, 0) is 43.2 Å². The van der Waals surface area contributed by atoms with Gasteiger partial charge in [0.1, 0.15) is 48.8 Å². The number of carbonyl (C=O) groups is 7. The molecule has 65 heavy (non-hydrogen) atoms. The standard InChI is InChI=1S/C34H61N9O22/c44-16-22(48)33(62)31(60)20(46)9-39-64-18-26(52)37-3-1-35-24(50)11-42(14-29(56)57)7-5-41(13-28(54)55)6-8-43(15-30(58)59)12-25(51)36-2-4-38-27(53)19-65-40-10-21(47)32(61)34(63)23(49)17-45/h9-10,20-23,31-34,44-49,60-63H,1-8,11-19H2,(H,35,50)(H,36,51)(H,37,52)(H,38,53)(H,54,55)(H,56,57)(H,58,59)/b39-9+,40-10+/t20-,21-,22?,23?,31?,32?,33?,34?/m0/s1. The number of carboxylic acid groups (broad SMARTS) is 3. The summed E-state index contributed by atoms with van der Waals surface area (Å²) in [5.41, 5.74) is 0. The van der Waals surface area contributed by atoms with E-state index in [9.17, 15) is 89.7 Å². The van der Waals surface area contributed by atoms with Crippen LogP contribution in [0.25, 0.3) is 0 Å². The number of carboxylic acids is 3. The normalized spacial score (nSPS) is 15.5. The Labute approximate surface area is 370 Å². The van der Waals surface area contributed by atoms with Crippen LogP contribution >= 0.6 is 0 Å². The van der Waals surface area contributed by atoms with Crippen LogP contribution in [-0.4, -0.2) is 295 Å². The Morgan fingerprint density at radius 3 is 1.05 bits per heavy atom. The van der Waals surface area contributed by atoms with Gasteiger partial charge >= 0.3 is 17.9 Å². The van der Waals surface area contributed by atoms with Crippen molar-refractivity contribution in [2.24, 2.45) is 10.3 Å². The third-order valence-electron chi connectivity index (χ3n) is 8.34. The van der Waals surface area contributed by atoms with Gasteiger partial charge in [0.25, 0.3) is 11.8 Å². The number of nitrogens with zero attached hydrogens (tertiary/aromatic N) is 5. The molecule has 0 aromatic carbocycles. The average Bonchev–Trinajstić information content (AvgIpc) is 3.25. The molecule has 0 spiro atoms. The quantitative estimate of drug-likeness (QED) is 0.0155. The van der Waals surface area contributed by atoms with Crippen molar-refractivity contribution in [3.8, 4) is 0 Å². The lowest BCUT2D eigenvalue weighted by atomic mass is 10.0. The summed E-state index contributed by atoms with van der Waals surface area (Å²) in [6, 6.07) is 0. The largest absolute Gasteiger partial charge is 0.480 e. The van der Waals surface area contributed by atoms with Crippen molar-refractivity contribution in [3.05, 3.63) is 0 Å². The van der Waals surface area contributed by atoms with Crippen molar-refractivity contribution in [3.63, 3.8) is 0 Å². The zero-order valence-electron chi connectivity index (χ0n) is 35.0. The average molecular weight is 948 g/mol. The molecule has 374 valence electrons. The highest BCUT2D eigenvalue weighted by molar-refractivity contribution is 5.80. The molecule has 0 heterocycles. The van der Waals surface area contributed by atoms with Gasteiger partial charge in [0.15, 0.2) is 13.2 Å². The van der Waals surface area contributed by atoms with E-state index in [0.29, 0.717) is 12.4 Å². The Hall–Kier alpha value is -5.29. The second-order valence-corrected chi connectivity index (χ2v) is 13.8. The minimum Gasteiger partial charge on any atom is -0.480 e. The fourth-order valence-corrected chi connectivity index (χ4v) is 4.92. The van der Waals surface area contributed by atoms with Crippen LogP contribution in [0.3, 0.4) is 0 Å². The second kappa shape index (κ2) is 34.1. The lowest BCUT2D eigenvalue weighted by Crippen LogP contribution is -2.48. The molecule has 0 aliphatic carbocycles. The van der Waals surface area contributed by atoms with Crippen molar-refractivity contribution in [2.45, 2.75) is 48.8 Å². The lowest BCUT2D eigenvalue weighted by molar-refractivity contribution is -0.141. The third kappa shape index (κ3) is 29.0. The van der Waals surface area contributed by atoms with Crippen LogP contribution in [0.1, 0.15) is 0 Å². The highest BCUT2D eigenvalue weighted by Gasteiger charge is 2.30. The van der Waals surface area contributed by atoms with Crippen LogP contribution < -0.4 is 21.3 Å².